The van der Waals surface area contributed by atoms with Crippen molar-refractivity contribution in [2.75, 3.05) is 37.1 Å². The van der Waals surface area contributed by atoms with Gasteiger partial charge in [-0.2, -0.15) is 0 Å². The minimum atomic E-state index is -0.848. The highest BCUT2D eigenvalue weighted by Gasteiger charge is 2.56. The maximum atomic E-state index is 13.2. The number of fused-ring (bicyclic) bond motifs is 5. The molecule has 0 aromatic heterocycles. The molecule has 2 aromatic carbocycles. The highest BCUT2D eigenvalue weighted by molar-refractivity contribution is 6.11. The maximum Gasteiger partial charge on any atom is 0.264 e. The van der Waals surface area contributed by atoms with Crippen LogP contribution in [-0.2, 0) is 15.0 Å². The number of nitrogens with zero attached hydrogens (tertiary/aromatic N) is 2. The zero-order valence-corrected chi connectivity index (χ0v) is 13.9. The molecule has 1 unspecified atom stereocenters. The lowest BCUT2D eigenvalue weighted by Crippen LogP contribution is -2.41. The SMILES string of the molecule is CN1C(=O)COc2cc3c(cc21)OCC31C(=O)N(C)c2ccccc21. The molecule has 0 bridgehead atoms. The van der Waals surface area contributed by atoms with Crippen LogP contribution in [0, 0.1) is 0 Å². The van der Waals surface area contributed by atoms with Crippen LogP contribution < -0.4 is 19.3 Å². The molecule has 3 heterocycles. The summed E-state index contributed by atoms with van der Waals surface area (Å²) < 4.78 is 11.5. The van der Waals surface area contributed by atoms with Crippen LogP contribution in [0.5, 0.6) is 11.5 Å². The van der Waals surface area contributed by atoms with E-state index in [4.69, 9.17) is 9.47 Å². The van der Waals surface area contributed by atoms with Crippen molar-refractivity contribution in [1.29, 1.82) is 0 Å². The summed E-state index contributed by atoms with van der Waals surface area (Å²) in [5.74, 6) is 1.11. The molecule has 0 radical (unpaired) electrons. The Bertz CT molecular complexity index is 954. The molecule has 6 nitrogen and oxygen atoms in total. The van der Waals surface area contributed by atoms with Crippen LogP contribution in [0.2, 0.25) is 0 Å². The average Bonchev–Trinajstić information content (AvgIpc) is 3.11. The first kappa shape index (κ1) is 14.3. The smallest absolute Gasteiger partial charge is 0.264 e. The summed E-state index contributed by atoms with van der Waals surface area (Å²) >= 11 is 0. The van der Waals surface area contributed by atoms with E-state index >= 15 is 0 Å². The first-order valence-electron chi connectivity index (χ1n) is 8.12. The molecule has 0 saturated heterocycles. The highest BCUT2D eigenvalue weighted by atomic mass is 16.5. The minimum Gasteiger partial charge on any atom is -0.491 e. The van der Waals surface area contributed by atoms with E-state index in [1.165, 1.54) is 0 Å². The van der Waals surface area contributed by atoms with Crippen molar-refractivity contribution in [2.24, 2.45) is 0 Å². The second-order valence-corrected chi connectivity index (χ2v) is 6.63. The van der Waals surface area contributed by atoms with E-state index in [1.807, 2.05) is 30.3 Å². The Labute approximate surface area is 144 Å². The molecule has 0 aliphatic carbocycles. The first-order valence-corrected chi connectivity index (χ1v) is 8.12. The third-order valence-corrected chi connectivity index (χ3v) is 5.45. The molecule has 1 spiro atoms. The van der Waals surface area contributed by atoms with Gasteiger partial charge < -0.3 is 19.3 Å². The van der Waals surface area contributed by atoms with Gasteiger partial charge in [0.15, 0.2) is 6.61 Å². The van der Waals surface area contributed by atoms with E-state index < -0.39 is 5.41 Å². The van der Waals surface area contributed by atoms with E-state index in [0.29, 0.717) is 17.2 Å². The number of carbonyl (C=O) groups excluding carboxylic acids is 2. The molecule has 6 heteroatoms. The average molecular weight is 336 g/mol. The number of rotatable bonds is 0. The van der Waals surface area contributed by atoms with Gasteiger partial charge in [0.2, 0.25) is 5.91 Å². The molecule has 0 N–H and O–H groups in total. The van der Waals surface area contributed by atoms with E-state index in [2.05, 4.69) is 0 Å². The third kappa shape index (κ3) is 1.59. The van der Waals surface area contributed by atoms with Gasteiger partial charge in [0, 0.05) is 31.4 Å². The number of hydrogen-bond donors (Lipinski definition) is 0. The molecule has 25 heavy (non-hydrogen) atoms. The van der Waals surface area contributed by atoms with E-state index in [1.54, 1.807) is 30.0 Å². The topological polar surface area (TPSA) is 59.1 Å². The molecule has 0 fully saturated rings. The quantitative estimate of drug-likeness (QED) is 0.735. The van der Waals surface area contributed by atoms with Gasteiger partial charge in [-0.15, -0.1) is 0 Å². The molecule has 3 aliphatic rings. The summed E-state index contributed by atoms with van der Waals surface area (Å²) in [6, 6.07) is 11.4. The zero-order chi connectivity index (χ0) is 17.3. The van der Waals surface area contributed by atoms with Crippen molar-refractivity contribution >= 4 is 23.2 Å². The van der Waals surface area contributed by atoms with Gasteiger partial charge >= 0.3 is 0 Å². The molecule has 3 aliphatic heterocycles. The van der Waals surface area contributed by atoms with E-state index in [0.717, 1.165) is 16.8 Å². The molecule has 0 saturated carbocycles. The number of anilines is 2. The van der Waals surface area contributed by atoms with Gasteiger partial charge in [0.1, 0.15) is 23.5 Å². The van der Waals surface area contributed by atoms with Gasteiger partial charge in [-0.3, -0.25) is 9.59 Å². The number of carbonyl (C=O) groups is 2. The summed E-state index contributed by atoms with van der Waals surface area (Å²) in [4.78, 5) is 28.3. The van der Waals surface area contributed by atoms with Crippen LogP contribution in [-0.4, -0.2) is 39.1 Å². The molecule has 2 aromatic rings. The molecule has 5 rings (SSSR count). The van der Waals surface area contributed by atoms with Crippen LogP contribution in [0.15, 0.2) is 36.4 Å². The van der Waals surface area contributed by atoms with Crippen molar-refractivity contribution in [3.8, 4) is 11.5 Å². The summed E-state index contributed by atoms with van der Waals surface area (Å²) in [5, 5.41) is 0. The van der Waals surface area contributed by atoms with Gasteiger partial charge in [0.05, 0.1) is 5.69 Å². The monoisotopic (exact) mass is 336 g/mol. The lowest BCUT2D eigenvalue weighted by atomic mass is 9.77. The van der Waals surface area contributed by atoms with Gasteiger partial charge in [-0.1, -0.05) is 18.2 Å². The summed E-state index contributed by atoms with van der Waals surface area (Å²) in [6.45, 7) is 0.254. The Morgan fingerprint density at radius 2 is 1.72 bits per heavy atom. The van der Waals surface area contributed by atoms with Crippen LogP contribution in [0.4, 0.5) is 11.4 Å². The van der Waals surface area contributed by atoms with Crippen molar-refractivity contribution < 1.29 is 19.1 Å². The van der Waals surface area contributed by atoms with Crippen molar-refractivity contribution in [3.63, 3.8) is 0 Å². The lowest BCUT2D eigenvalue weighted by molar-refractivity contribution is -0.122. The molecular weight excluding hydrogens is 320 g/mol. The standard InChI is InChI=1S/C19H16N2O4/c1-20-14-8-15-12(7-16(14)24-9-17(20)22)19(10-25-15)11-5-3-4-6-13(11)21(2)18(19)23/h3-8H,9-10H2,1-2H3. The number of ether oxygens (including phenoxy) is 2. The van der Waals surface area contributed by atoms with Gasteiger partial charge in [0.25, 0.3) is 5.91 Å². The number of hydrogen-bond acceptors (Lipinski definition) is 4. The Morgan fingerprint density at radius 1 is 0.920 bits per heavy atom. The molecule has 126 valence electrons. The van der Waals surface area contributed by atoms with Crippen LogP contribution >= 0.6 is 0 Å². The second-order valence-electron chi connectivity index (χ2n) is 6.63. The Morgan fingerprint density at radius 3 is 2.56 bits per heavy atom. The summed E-state index contributed by atoms with van der Waals surface area (Å²) in [7, 11) is 3.50. The predicted octanol–water partition coefficient (Wildman–Crippen LogP) is 1.70. The zero-order valence-electron chi connectivity index (χ0n) is 13.9. The predicted molar refractivity (Wildman–Crippen MR) is 91.5 cm³/mol. The molecule has 1 atom stereocenters. The number of likely N-dealkylation sites (N-methyl/N-ethyl adjacent to an activating group) is 2. The van der Waals surface area contributed by atoms with Gasteiger partial charge in [-0.25, -0.2) is 0 Å². The second kappa shape index (κ2) is 4.53. The minimum absolute atomic E-state index is 0.000575. The van der Waals surface area contributed by atoms with Crippen LogP contribution in [0.3, 0.4) is 0 Å². The van der Waals surface area contributed by atoms with Crippen molar-refractivity contribution in [2.45, 2.75) is 5.41 Å². The first-order chi connectivity index (χ1) is 12.0. The van der Waals surface area contributed by atoms with Crippen LogP contribution in [0.25, 0.3) is 0 Å². The number of para-hydroxylation sites is 1. The fourth-order valence-corrected chi connectivity index (χ4v) is 4.05. The Kier molecular flexibility index (Phi) is 2.60. The summed E-state index contributed by atoms with van der Waals surface area (Å²) in [6.07, 6.45) is 0. The van der Waals surface area contributed by atoms with Crippen LogP contribution in [0.1, 0.15) is 11.1 Å². The lowest BCUT2D eigenvalue weighted by Gasteiger charge is -2.27. The largest absolute Gasteiger partial charge is 0.491 e. The maximum absolute atomic E-state index is 13.2. The van der Waals surface area contributed by atoms with Gasteiger partial charge in [-0.05, 0) is 17.7 Å². The highest BCUT2D eigenvalue weighted by Crippen LogP contribution is 2.54. The normalized spacial score (nSPS) is 23.3. The molecular formula is C19H16N2O4. The van der Waals surface area contributed by atoms with Crippen molar-refractivity contribution in [3.05, 3.63) is 47.5 Å². The Balaban J connectivity index is 1.75. The van der Waals surface area contributed by atoms with E-state index in [9.17, 15) is 9.59 Å². The number of benzene rings is 2. The molecule has 2 amide bonds. The summed E-state index contributed by atoms with van der Waals surface area (Å²) in [5.41, 5.74) is 2.46. The number of amides is 2. The fourth-order valence-electron chi connectivity index (χ4n) is 4.05. The third-order valence-electron chi connectivity index (χ3n) is 5.45. The van der Waals surface area contributed by atoms with Crippen molar-refractivity contribution in [1.82, 2.24) is 0 Å². The van der Waals surface area contributed by atoms with E-state index in [-0.39, 0.29) is 25.0 Å². The Hall–Kier alpha value is -3.02. The fraction of sp³-hybridized carbons (Fsp3) is 0.263.